The standard InChI is InChI=1S/C23H31N5O7S/c1-17-13-18(14-24)3-4-20(17)25-7-9-27(10-8-25)36(32,33)28-19-5-6-23(28,21(29)30)16-26(15-19)22(31)35-12-11-34-2/h3-4,13,19H,5-12,15-16H2,1-2H3,(H,29,30). The van der Waals surface area contributed by atoms with E-state index < -0.39 is 33.9 Å². The Hall–Kier alpha value is -2.92. The number of hydrogen-bond donors (Lipinski definition) is 1. The lowest BCUT2D eigenvalue weighted by molar-refractivity contribution is -0.150. The van der Waals surface area contributed by atoms with Crippen molar-refractivity contribution in [3.05, 3.63) is 29.3 Å². The molecule has 4 rings (SSSR count). The molecule has 0 spiro atoms. The lowest BCUT2D eigenvalue weighted by Crippen LogP contribution is -2.69. The van der Waals surface area contributed by atoms with Crippen molar-refractivity contribution >= 4 is 28.0 Å². The van der Waals surface area contributed by atoms with E-state index >= 15 is 0 Å². The summed E-state index contributed by atoms with van der Waals surface area (Å²) in [7, 11) is -2.63. The van der Waals surface area contributed by atoms with Gasteiger partial charge in [-0.25, -0.2) is 4.79 Å². The Kier molecular flexibility index (Phi) is 7.42. The highest BCUT2D eigenvalue weighted by atomic mass is 32.2. The van der Waals surface area contributed by atoms with Crippen LogP contribution >= 0.6 is 0 Å². The first-order valence-corrected chi connectivity index (χ1v) is 13.2. The summed E-state index contributed by atoms with van der Waals surface area (Å²) in [5, 5.41) is 19.3. The van der Waals surface area contributed by atoms with E-state index in [0.29, 0.717) is 25.1 Å². The molecule has 1 amide bonds. The minimum absolute atomic E-state index is 0.0293. The normalized spacial score (nSPS) is 25.0. The molecule has 3 saturated heterocycles. The summed E-state index contributed by atoms with van der Waals surface area (Å²) in [6, 6.07) is 6.87. The maximum Gasteiger partial charge on any atom is 0.409 e. The minimum atomic E-state index is -4.10. The van der Waals surface area contributed by atoms with Crippen LogP contribution in [0.4, 0.5) is 10.5 Å². The summed E-state index contributed by atoms with van der Waals surface area (Å²) in [6.07, 6.45) is -0.205. The Morgan fingerprint density at radius 1 is 1.22 bits per heavy atom. The Bertz CT molecular complexity index is 1160. The number of amides is 1. The molecule has 2 atom stereocenters. The van der Waals surface area contributed by atoms with E-state index in [-0.39, 0.29) is 45.8 Å². The number of carbonyl (C=O) groups is 2. The predicted molar refractivity (Wildman–Crippen MR) is 129 cm³/mol. The molecule has 1 aromatic rings. The number of rotatable bonds is 7. The first-order chi connectivity index (χ1) is 17.1. The summed E-state index contributed by atoms with van der Waals surface area (Å²) in [5.41, 5.74) is 0.701. The van der Waals surface area contributed by atoms with Crippen LogP contribution in [0.5, 0.6) is 0 Å². The number of carboxylic acid groups (broad SMARTS) is 1. The Labute approximate surface area is 210 Å². The molecule has 1 N–H and O–H groups in total. The zero-order valence-electron chi connectivity index (χ0n) is 20.4. The monoisotopic (exact) mass is 521 g/mol. The van der Waals surface area contributed by atoms with Crippen molar-refractivity contribution in [2.45, 2.75) is 31.3 Å². The van der Waals surface area contributed by atoms with Gasteiger partial charge in [-0.1, -0.05) is 0 Å². The minimum Gasteiger partial charge on any atom is -0.480 e. The van der Waals surface area contributed by atoms with Gasteiger partial charge < -0.3 is 24.4 Å². The van der Waals surface area contributed by atoms with Crippen LogP contribution in [0.2, 0.25) is 0 Å². The number of benzene rings is 1. The number of likely N-dealkylation sites (tertiary alicyclic amines) is 1. The van der Waals surface area contributed by atoms with Crippen LogP contribution in [-0.2, 0) is 24.5 Å². The molecule has 2 unspecified atom stereocenters. The number of methoxy groups -OCH3 is 1. The van der Waals surface area contributed by atoms with Crippen molar-refractivity contribution in [1.82, 2.24) is 13.5 Å². The van der Waals surface area contributed by atoms with E-state index in [2.05, 4.69) is 11.0 Å². The van der Waals surface area contributed by atoms with Crippen LogP contribution in [0.25, 0.3) is 0 Å². The molecule has 196 valence electrons. The van der Waals surface area contributed by atoms with Gasteiger partial charge in [0.1, 0.15) is 6.61 Å². The molecule has 13 heteroatoms. The number of aryl methyl sites for hydroxylation is 1. The van der Waals surface area contributed by atoms with E-state index in [1.807, 2.05) is 13.0 Å². The summed E-state index contributed by atoms with van der Waals surface area (Å²) in [6.45, 7) is 3.22. The summed E-state index contributed by atoms with van der Waals surface area (Å²) >= 11 is 0. The van der Waals surface area contributed by atoms with Gasteiger partial charge in [-0.2, -0.15) is 22.3 Å². The SMILES string of the molecule is COCCOC(=O)N1CC2CCC(C(=O)O)(C1)N2S(=O)(=O)N1CCN(c2ccc(C#N)cc2C)CC1. The highest BCUT2D eigenvalue weighted by Gasteiger charge is 2.63. The molecule has 0 radical (unpaired) electrons. The maximum atomic E-state index is 13.8. The van der Waals surface area contributed by atoms with Crippen molar-refractivity contribution in [1.29, 1.82) is 5.26 Å². The predicted octanol–water partition coefficient (Wildman–Crippen LogP) is 0.620. The van der Waals surface area contributed by atoms with Crippen LogP contribution < -0.4 is 4.90 Å². The highest BCUT2D eigenvalue weighted by molar-refractivity contribution is 7.86. The molecule has 1 aromatic carbocycles. The molecule has 0 aromatic heterocycles. The third-order valence-electron chi connectivity index (χ3n) is 7.18. The van der Waals surface area contributed by atoms with Gasteiger partial charge in [-0.15, -0.1) is 0 Å². The molecule has 0 aliphatic carbocycles. The number of carboxylic acids is 1. The zero-order chi connectivity index (χ0) is 26.1. The molecule has 3 fully saturated rings. The maximum absolute atomic E-state index is 13.8. The molecule has 2 bridgehead atoms. The second-order valence-corrected chi connectivity index (χ2v) is 11.1. The molecular weight excluding hydrogens is 490 g/mol. The Balaban J connectivity index is 1.49. The second-order valence-electron chi connectivity index (χ2n) is 9.32. The van der Waals surface area contributed by atoms with Gasteiger partial charge in [0.2, 0.25) is 0 Å². The Morgan fingerprint density at radius 2 is 1.94 bits per heavy atom. The zero-order valence-corrected chi connectivity index (χ0v) is 21.2. The molecular formula is C23H31N5O7S. The van der Waals surface area contributed by atoms with Gasteiger partial charge in [0.15, 0.2) is 5.54 Å². The fraction of sp³-hybridized carbons (Fsp3) is 0.609. The molecule has 3 heterocycles. The number of anilines is 1. The van der Waals surface area contributed by atoms with Gasteiger partial charge >= 0.3 is 12.1 Å². The third kappa shape index (κ3) is 4.61. The van der Waals surface area contributed by atoms with E-state index in [4.69, 9.17) is 14.7 Å². The largest absolute Gasteiger partial charge is 0.480 e. The first kappa shape index (κ1) is 26.2. The first-order valence-electron chi connectivity index (χ1n) is 11.8. The number of aliphatic carboxylic acids is 1. The van der Waals surface area contributed by atoms with Crippen LogP contribution in [0, 0.1) is 18.3 Å². The van der Waals surface area contributed by atoms with E-state index in [9.17, 15) is 23.1 Å². The van der Waals surface area contributed by atoms with Crippen molar-refractivity contribution < 1.29 is 32.6 Å². The van der Waals surface area contributed by atoms with Crippen molar-refractivity contribution in [2.75, 3.05) is 64.5 Å². The lowest BCUT2D eigenvalue weighted by atomic mass is 9.97. The molecule has 3 aliphatic heterocycles. The van der Waals surface area contributed by atoms with Gasteiger partial charge in [-0.3, -0.25) is 4.79 Å². The second kappa shape index (κ2) is 10.2. The average molecular weight is 522 g/mol. The average Bonchev–Trinajstić information content (AvgIpc) is 3.12. The van der Waals surface area contributed by atoms with Crippen molar-refractivity contribution in [2.24, 2.45) is 0 Å². The summed E-state index contributed by atoms with van der Waals surface area (Å²) in [4.78, 5) is 28.3. The topological polar surface area (TPSA) is 144 Å². The van der Waals surface area contributed by atoms with Gasteiger partial charge in [0, 0.05) is 51.6 Å². The number of hydrogen-bond acceptors (Lipinski definition) is 8. The molecule has 3 aliphatic rings. The number of ether oxygens (including phenoxy) is 2. The molecule has 12 nitrogen and oxygen atoms in total. The van der Waals surface area contributed by atoms with Gasteiger partial charge in [0.25, 0.3) is 10.2 Å². The quantitative estimate of drug-likeness (QED) is 0.511. The van der Waals surface area contributed by atoms with E-state index in [1.54, 1.807) is 12.1 Å². The number of nitrogens with zero attached hydrogens (tertiary/aromatic N) is 5. The molecule has 36 heavy (non-hydrogen) atoms. The number of fused-ring (bicyclic) bond motifs is 2. The summed E-state index contributed by atoms with van der Waals surface area (Å²) < 4.78 is 40.0. The number of carbonyl (C=O) groups excluding carboxylic acids is 1. The van der Waals surface area contributed by atoms with E-state index in [0.717, 1.165) is 15.6 Å². The van der Waals surface area contributed by atoms with Crippen LogP contribution in [0.3, 0.4) is 0 Å². The Morgan fingerprint density at radius 3 is 2.56 bits per heavy atom. The number of nitriles is 1. The molecule has 0 saturated carbocycles. The smallest absolute Gasteiger partial charge is 0.409 e. The van der Waals surface area contributed by atoms with Crippen LogP contribution in [0.1, 0.15) is 24.0 Å². The van der Waals surface area contributed by atoms with Crippen LogP contribution in [0.15, 0.2) is 18.2 Å². The lowest BCUT2D eigenvalue weighted by Gasteiger charge is -2.47. The summed E-state index contributed by atoms with van der Waals surface area (Å²) in [5.74, 6) is -1.27. The number of piperazine rings is 2. The fourth-order valence-electron chi connectivity index (χ4n) is 5.42. The highest BCUT2D eigenvalue weighted by Crippen LogP contribution is 2.43. The van der Waals surface area contributed by atoms with Crippen molar-refractivity contribution in [3.63, 3.8) is 0 Å². The van der Waals surface area contributed by atoms with Crippen molar-refractivity contribution in [3.8, 4) is 6.07 Å². The van der Waals surface area contributed by atoms with E-state index in [1.165, 1.54) is 16.3 Å². The van der Waals surface area contributed by atoms with Crippen LogP contribution in [-0.4, -0.2) is 110 Å². The van der Waals surface area contributed by atoms with Gasteiger partial charge in [0.05, 0.1) is 24.8 Å². The van der Waals surface area contributed by atoms with Gasteiger partial charge in [-0.05, 0) is 43.5 Å². The fourth-order valence-corrected chi connectivity index (χ4v) is 7.51. The third-order valence-corrected chi connectivity index (χ3v) is 9.34.